The predicted octanol–water partition coefficient (Wildman–Crippen LogP) is 6.99. The molecule has 2 aromatic heterocycles. The highest BCUT2D eigenvalue weighted by atomic mass is 19.2. The van der Waals surface area contributed by atoms with E-state index in [1.165, 1.54) is 36.4 Å². The van der Waals surface area contributed by atoms with E-state index in [1.54, 1.807) is 12.1 Å². The molecule has 5 aromatic rings. The SMILES string of the molecule is CC1(C)COC[C@H]1n1c(Cc2cc(F)c(-c3cccc(OCc4ccc(C#N)c(F)c4F)n3)cc2F)nc2ccc(C(=O)O)cc21. The molecule has 0 unspecified atom stereocenters. The number of hydrogen-bond donors (Lipinski definition) is 1. The van der Waals surface area contributed by atoms with Gasteiger partial charge in [-0.15, -0.1) is 0 Å². The summed E-state index contributed by atoms with van der Waals surface area (Å²) in [4.78, 5) is 20.6. The Morgan fingerprint density at radius 1 is 1.04 bits per heavy atom. The van der Waals surface area contributed by atoms with Gasteiger partial charge in [-0.3, -0.25) is 0 Å². The van der Waals surface area contributed by atoms with E-state index in [0.717, 1.165) is 18.2 Å². The van der Waals surface area contributed by atoms with Gasteiger partial charge in [0.15, 0.2) is 11.6 Å². The summed E-state index contributed by atoms with van der Waals surface area (Å²) < 4.78 is 72.6. The first-order chi connectivity index (χ1) is 22.0. The van der Waals surface area contributed by atoms with Gasteiger partial charge in [0.05, 0.1) is 47.1 Å². The number of fused-ring (bicyclic) bond motifs is 1. The van der Waals surface area contributed by atoms with Crippen molar-refractivity contribution in [2.45, 2.75) is 32.9 Å². The molecule has 0 spiro atoms. The Morgan fingerprint density at radius 3 is 2.57 bits per heavy atom. The minimum Gasteiger partial charge on any atom is -0.478 e. The van der Waals surface area contributed by atoms with Crippen LogP contribution < -0.4 is 4.74 Å². The minimum absolute atomic E-state index is 0.0266. The Kier molecular flexibility index (Phi) is 7.96. The molecule has 1 saturated heterocycles. The van der Waals surface area contributed by atoms with E-state index in [1.807, 2.05) is 18.4 Å². The zero-order chi connectivity index (χ0) is 32.7. The Morgan fingerprint density at radius 2 is 1.85 bits per heavy atom. The molecule has 1 atom stereocenters. The van der Waals surface area contributed by atoms with Gasteiger partial charge in [-0.2, -0.15) is 5.26 Å². The molecule has 3 aromatic carbocycles. The number of hydrogen-bond acceptors (Lipinski definition) is 6. The first-order valence-electron chi connectivity index (χ1n) is 14.2. The smallest absolute Gasteiger partial charge is 0.335 e. The van der Waals surface area contributed by atoms with Crippen LogP contribution in [0.4, 0.5) is 17.6 Å². The van der Waals surface area contributed by atoms with Crippen molar-refractivity contribution < 1.29 is 36.9 Å². The third-order valence-electron chi connectivity index (χ3n) is 8.12. The summed E-state index contributed by atoms with van der Waals surface area (Å²) in [6.07, 6.45) is -0.0873. The number of carbonyl (C=O) groups is 1. The molecule has 3 heterocycles. The molecule has 46 heavy (non-hydrogen) atoms. The monoisotopic (exact) mass is 630 g/mol. The lowest BCUT2D eigenvalue weighted by molar-refractivity contribution is 0.0697. The molecule has 0 saturated carbocycles. The number of aromatic carboxylic acids is 1. The topological polar surface area (TPSA) is 110 Å². The number of ether oxygens (including phenoxy) is 2. The molecule has 6 rings (SSSR count). The molecule has 1 fully saturated rings. The van der Waals surface area contributed by atoms with Crippen molar-refractivity contribution in [2.24, 2.45) is 5.41 Å². The van der Waals surface area contributed by atoms with Crippen LogP contribution in [-0.2, 0) is 17.8 Å². The maximum absolute atomic E-state index is 15.6. The van der Waals surface area contributed by atoms with Gasteiger partial charge in [-0.25, -0.2) is 32.3 Å². The van der Waals surface area contributed by atoms with E-state index in [0.29, 0.717) is 30.1 Å². The Balaban J connectivity index is 1.30. The predicted molar refractivity (Wildman–Crippen MR) is 158 cm³/mol. The average Bonchev–Trinajstić information content (AvgIpc) is 3.56. The van der Waals surface area contributed by atoms with Crippen molar-refractivity contribution in [1.82, 2.24) is 14.5 Å². The molecule has 1 N–H and O–H groups in total. The standard InChI is InChI=1S/C34H26F4N4O4/c1-34(2)17-45-16-28(34)42-27-11-18(33(43)44)8-9-26(27)40-29(42)12-21-10-24(36)22(13-23(21)35)25-4-3-5-30(41-25)46-15-20-7-6-19(14-39)31(37)32(20)38/h3-11,13,28H,12,15-17H2,1-2H3,(H,43,44)/t28-/m1/s1. The van der Waals surface area contributed by atoms with Crippen LogP contribution in [0.15, 0.2) is 60.7 Å². The summed E-state index contributed by atoms with van der Waals surface area (Å²) in [5, 5.41) is 18.4. The summed E-state index contributed by atoms with van der Waals surface area (Å²) in [6.45, 7) is 4.41. The number of imidazole rings is 1. The van der Waals surface area contributed by atoms with Gasteiger partial charge in [0.2, 0.25) is 5.88 Å². The first kappa shape index (κ1) is 30.7. The lowest BCUT2D eigenvalue weighted by Crippen LogP contribution is -2.27. The summed E-state index contributed by atoms with van der Waals surface area (Å²) in [5.74, 6) is -4.70. The second kappa shape index (κ2) is 11.9. The number of nitriles is 1. The van der Waals surface area contributed by atoms with Crippen LogP contribution in [0.1, 0.15) is 52.8 Å². The number of benzene rings is 3. The van der Waals surface area contributed by atoms with Crippen LogP contribution in [0, 0.1) is 40.0 Å². The quantitative estimate of drug-likeness (QED) is 0.184. The summed E-state index contributed by atoms with van der Waals surface area (Å²) >= 11 is 0. The highest BCUT2D eigenvalue weighted by Crippen LogP contribution is 2.40. The van der Waals surface area contributed by atoms with Gasteiger partial charge in [0.25, 0.3) is 0 Å². The van der Waals surface area contributed by atoms with E-state index < -0.39 is 41.4 Å². The maximum atomic E-state index is 15.6. The maximum Gasteiger partial charge on any atom is 0.335 e. The van der Waals surface area contributed by atoms with E-state index in [9.17, 15) is 18.7 Å². The summed E-state index contributed by atoms with van der Waals surface area (Å²) in [6, 6.07) is 14.7. The van der Waals surface area contributed by atoms with Crippen molar-refractivity contribution in [1.29, 1.82) is 5.26 Å². The summed E-state index contributed by atoms with van der Waals surface area (Å²) in [7, 11) is 0. The van der Waals surface area contributed by atoms with Gasteiger partial charge in [0.1, 0.15) is 30.1 Å². The van der Waals surface area contributed by atoms with Gasteiger partial charge in [-0.1, -0.05) is 26.0 Å². The minimum atomic E-state index is -1.29. The highest BCUT2D eigenvalue weighted by molar-refractivity contribution is 5.92. The van der Waals surface area contributed by atoms with Crippen molar-refractivity contribution >= 4 is 17.0 Å². The number of halogens is 4. The van der Waals surface area contributed by atoms with Crippen LogP contribution in [0.5, 0.6) is 5.88 Å². The Bertz CT molecular complexity index is 2050. The van der Waals surface area contributed by atoms with E-state index in [2.05, 4.69) is 9.97 Å². The molecule has 1 aliphatic heterocycles. The van der Waals surface area contributed by atoms with Crippen LogP contribution in [0.3, 0.4) is 0 Å². The van der Waals surface area contributed by atoms with E-state index >= 15 is 8.78 Å². The fourth-order valence-electron chi connectivity index (χ4n) is 5.60. The second-order valence-electron chi connectivity index (χ2n) is 11.7. The number of nitrogens with zero attached hydrogens (tertiary/aromatic N) is 4. The van der Waals surface area contributed by atoms with E-state index in [4.69, 9.17) is 14.7 Å². The lowest BCUT2D eigenvalue weighted by Gasteiger charge is -2.28. The third kappa shape index (κ3) is 5.65. The highest BCUT2D eigenvalue weighted by Gasteiger charge is 2.39. The van der Waals surface area contributed by atoms with Crippen molar-refractivity contribution in [3.63, 3.8) is 0 Å². The Hall–Kier alpha value is -5.28. The van der Waals surface area contributed by atoms with Crippen LogP contribution >= 0.6 is 0 Å². The van der Waals surface area contributed by atoms with Crippen LogP contribution in [-0.4, -0.2) is 38.8 Å². The van der Waals surface area contributed by atoms with E-state index in [-0.39, 0.29) is 51.7 Å². The molecular weight excluding hydrogens is 604 g/mol. The molecule has 0 amide bonds. The Labute approximate surface area is 260 Å². The molecular formula is C34H26F4N4O4. The normalized spacial score (nSPS) is 15.6. The number of carboxylic acid groups (broad SMARTS) is 1. The molecule has 1 aliphatic rings. The molecule has 8 nitrogen and oxygen atoms in total. The second-order valence-corrected chi connectivity index (χ2v) is 11.7. The first-order valence-corrected chi connectivity index (χ1v) is 14.2. The lowest BCUT2D eigenvalue weighted by atomic mass is 9.87. The van der Waals surface area contributed by atoms with Crippen molar-refractivity contribution in [2.75, 3.05) is 13.2 Å². The molecule has 0 aliphatic carbocycles. The fraction of sp³-hybridized carbons (Fsp3) is 0.235. The van der Waals surface area contributed by atoms with Crippen LogP contribution in [0.25, 0.3) is 22.3 Å². The molecule has 0 radical (unpaired) electrons. The number of rotatable bonds is 8. The molecule has 12 heteroatoms. The number of pyridine rings is 1. The fourth-order valence-corrected chi connectivity index (χ4v) is 5.60. The van der Waals surface area contributed by atoms with Crippen molar-refractivity contribution in [3.05, 3.63) is 112 Å². The van der Waals surface area contributed by atoms with Crippen molar-refractivity contribution in [3.8, 4) is 23.2 Å². The van der Waals surface area contributed by atoms with Crippen LogP contribution in [0.2, 0.25) is 0 Å². The molecule has 234 valence electrons. The van der Waals surface area contributed by atoms with Gasteiger partial charge in [0, 0.05) is 29.0 Å². The number of carboxylic acids is 1. The zero-order valence-corrected chi connectivity index (χ0v) is 24.7. The average molecular weight is 631 g/mol. The van der Waals surface area contributed by atoms with Gasteiger partial charge >= 0.3 is 5.97 Å². The molecule has 0 bridgehead atoms. The number of aromatic nitrogens is 3. The third-order valence-corrected chi connectivity index (χ3v) is 8.12. The van der Waals surface area contributed by atoms with Gasteiger partial charge < -0.3 is 19.1 Å². The van der Waals surface area contributed by atoms with Gasteiger partial charge in [-0.05, 0) is 48.0 Å². The zero-order valence-electron chi connectivity index (χ0n) is 24.7. The largest absolute Gasteiger partial charge is 0.478 e. The summed E-state index contributed by atoms with van der Waals surface area (Å²) in [5.41, 5.74) is 0.146.